The highest BCUT2D eigenvalue weighted by molar-refractivity contribution is 7.92. The molecule has 2 heterocycles. The van der Waals surface area contributed by atoms with Crippen LogP contribution in [0.15, 0.2) is 35.2 Å². The zero-order valence-electron chi connectivity index (χ0n) is 15.5. The van der Waals surface area contributed by atoms with E-state index in [1.807, 2.05) is 4.72 Å². The zero-order valence-corrected chi connectivity index (χ0v) is 17.1. The summed E-state index contributed by atoms with van der Waals surface area (Å²) in [7, 11) is -4.49. The van der Waals surface area contributed by atoms with E-state index in [1.54, 1.807) is 4.57 Å². The normalized spacial score (nSPS) is 14.3. The van der Waals surface area contributed by atoms with E-state index in [-0.39, 0.29) is 16.4 Å². The van der Waals surface area contributed by atoms with Gasteiger partial charge < -0.3 is 4.57 Å². The summed E-state index contributed by atoms with van der Waals surface area (Å²) in [6.07, 6.45) is 3.47. The van der Waals surface area contributed by atoms with Gasteiger partial charge in [0, 0.05) is 24.1 Å². The van der Waals surface area contributed by atoms with E-state index in [0.29, 0.717) is 24.9 Å². The van der Waals surface area contributed by atoms with Gasteiger partial charge in [0.05, 0.1) is 11.3 Å². The highest BCUT2D eigenvalue weighted by Gasteiger charge is 2.24. The van der Waals surface area contributed by atoms with Crippen LogP contribution in [-0.4, -0.2) is 23.2 Å². The Morgan fingerprint density at radius 1 is 0.967 bits per heavy atom. The van der Waals surface area contributed by atoms with Crippen molar-refractivity contribution in [3.05, 3.63) is 58.6 Å². The van der Waals surface area contributed by atoms with Gasteiger partial charge in [-0.3, -0.25) is 4.72 Å². The Bertz CT molecular complexity index is 1230. The number of rotatable bonds is 4. The molecule has 0 amide bonds. The molecule has 1 N–H and O–H groups in total. The third-order valence-corrected chi connectivity index (χ3v) is 6.47. The number of aryl methyl sites for hydroxylation is 1. The fraction of sp³-hybridized carbons (Fsp3) is 0.263. The maximum atomic E-state index is 14.6. The molecule has 0 spiro atoms. The van der Waals surface area contributed by atoms with Crippen LogP contribution >= 0.6 is 11.6 Å². The standard InChI is InChI=1S/C19H16ClF3N4O2S/c20-11-5-6-17(15(23)8-11)30(28,29)26-16-9-12(13(21)10-14(16)22)19-25-24-18-4-2-1-3-7-27(18)19/h5-6,8-10,26H,1-4,7H2. The molecular weight excluding hydrogens is 441 g/mol. The third kappa shape index (κ3) is 3.89. The van der Waals surface area contributed by atoms with Gasteiger partial charge in [-0.1, -0.05) is 18.0 Å². The van der Waals surface area contributed by atoms with Crippen molar-refractivity contribution in [1.29, 1.82) is 0 Å². The molecule has 158 valence electrons. The lowest BCUT2D eigenvalue weighted by Gasteiger charge is -2.13. The van der Waals surface area contributed by atoms with E-state index in [4.69, 9.17) is 11.6 Å². The molecule has 3 aromatic rings. The molecule has 11 heteroatoms. The topological polar surface area (TPSA) is 76.9 Å². The van der Waals surface area contributed by atoms with E-state index in [9.17, 15) is 21.6 Å². The summed E-state index contributed by atoms with van der Waals surface area (Å²) in [5.74, 6) is -2.28. The van der Waals surface area contributed by atoms with Crippen LogP contribution in [0.2, 0.25) is 5.02 Å². The third-order valence-electron chi connectivity index (χ3n) is 4.83. The first kappa shape index (κ1) is 20.7. The molecule has 4 rings (SSSR count). The van der Waals surface area contributed by atoms with Crippen molar-refractivity contribution in [2.24, 2.45) is 0 Å². The number of hydrogen-bond acceptors (Lipinski definition) is 4. The van der Waals surface area contributed by atoms with Crippen molar-refractivity contribution in [3.63, 3.8) is 0 Å². The number of anilines is 1. The van der Waals surface area contributed by atoms with Gasteiger partial charge in [0.2, 0.25) is 0 Å². The van der Waals surface area contributed by atoms with Crippen LogP contribution in [0.3, 0.4) is 0 Å². The lowest BCUT2D eigenvalue weighted by atomic mass is 10.1. The van der Waals surface area contributed by atoms with Crippen LogP contribution < -0.4 is 4.72 Å². The molecule has 1 aliphatic heterocycles. The van der Waals surface area contributed by atoms with E-state index in [1.165, 1.54) is 6.07 Å². The van der Waals surface area contributed by atoms with Crippen molar-refractivity contribution in [2.75, 3.05) is 4.72 Å². The molecule has 0 saturated heterocycles. The van der Waals surface area contributed by atoms with Gasteiger partial charge in [0.15, 0.2) is 5.82 Å². The summed E-state index contributed by atoms with van der Waals surface area (Å²) < 4.78 is 71.8. The van der Waals surface area contributed by atoms with Crippen LogP contribution in [-0.2, 0) is 23.0 Å². The van der Waals surface area contributed by atoms with E-state index in [2.05, 4.69) is 10.2 Å². The maximum Gasteiger partial charge on any atom is 0.264 e. The predicted molar refractivity (Wildman–Crippen MR) is 105 cm³/mol. The minimum Gasteiger partial charge on any atom is -0.311 e. The van der Waals surface area contributed by atoms with Crippen LogP contribution in [0.25, 0.3) is 11.4 Å². The summed E-state index contributed by atoms with van der Waals surface area (Å²) in [5.41, 5.74) is -0.641. The Labute approximate surface area is 175 Å². The Hall–Kier alpha value is -2.59. The van der Waals surface area contributed by atoms with Gasteiger partial charge in [-0.25, -0.2) is 21.6 Å². The van der Waals surface area contributed by atoms with Gasteiger partial charge in [-0.15, -0.1) is 10.2 Å². The van der Waals surface area contributed by atoms with Crippen molar-refractivity contribution in [2.45, 2.75) is 37.1 Å². The molecule has 0 unspecified atom stereocenters. The molecule has 0 bridgehead atoms. The van der Waals surface area contributed by atoms with Gasteiger partial charge in [0.25, 0.3) is 10.0 Å². The fourth-order valence-electron chi connectivity index (χ4n) is 3.38. The fourth-order valence-corrected chi connectivity index (χ4v) is 4.65. The Kier molecular flexibility index (Phi) is 5.46. The molecule has 1 aliphatic rings. The Balaban J connectivity index is 1.75. The molecule has 30 heavy (non-hydrogen) atoms. The van der Waals surface area contributed by atoms with Crippen LogP contribution in [0.4, 0.5) is 18.9 Å². The SMILES string of the molecule is O=S(=O)(Nc1cc(-c2nnc3n2CCCCC3)c(F)cc1F)c1ccc(Cl)cc1F. The average Bonchev–Trinajstić information content (AvgIpc) is 2.91. The number of aromatic nitrogens is 3. The molecular formula is C19H16ClF3N4O2S. The molecule has 1 aromatic heterocycles. The lowest BCUT2D eigenvalue weighted by Crippen LogP contribution is -2.16. The number of hydrogen-bond donors (Lipinski definition) is 1. The summed E-state index contributed by atoms with van der Waals surface area (Å²) in [4.78, 5) is -0.714. The first-order valence-electron chi connectivity index (χ1n) is 9.15. The molecule has 2 aromatic carbocycles. The van der Waals surface area contributed by atoms with E-state index >= 15 is 0 Å². The molecule has 0 radical (unpaired) electrons. The molecule has 0 atom stereocenters. The first-order valence-corrected chi connectivity index (χ1v) is 11.0. The largest absolute Gasteiger partial charge is 0.311 e. The highest BCUT2D eigenvalue weighted by atomic mass is 35.5. The monoisotopic (exact) mass is 456 g/mol. The maximum absolute atomic E-state index is 14.6. The average molecular weight is 457 g/mol. The summed E-state index contributed by atoms with van der Waals surface area (Å²) in [6.45, 7) is 0.575. The number of nitrogens with zero attached hydrogens (tertiary/aromatic N) is 3. The Morgan fingerprint density at radius 3 is 2.53 bits per heavy atom. The zero-order chi connectivity index (χ0) is 21.5. The number of nitrogens with one attached hydrogen (secondary N) is 1. The van der Waals surface area contributed by atoms with Gasteiger partial charge >= 0.3 is 0 Å². The summed E-state index contributed by atoms with van der Waals surface area (Å²) >= 11 is 5.65. The van der Waals surface area contributed by atoms with Gasteiger partial charge in [-0.05, 0) is 37.1 Å². The second-order valence-electron chi connectivity index (χ2n) is 6.89. The molecule has 0 aliphatic carbocycles. The second kappa shape index (κ2) is 7.92. The number of benzene rings is 2. The van der Waals surface area contributed by atoms with Crippen LogP contribution in [0, 0.1) is 17.5 Å². The van der Waals surface area contributed by atoms with Crippen LogP contribution in [0.1, 0.15) is 25.1 Å². The van der Waals surface area contributed by atoms with Gasteiger partial charge in [-0.2, -0.15) is 0 Å². The summed E-state index contributed by atoms with van der Waals surface area (Å²) in [5, 5.41) is 8.11. The number of fused-ring (bicyclic) bond motifs is 1. The summed E-state index contributed by atoms with van der Waals surface area (Å²) in [6, 6.07) is 4.54. The van der Waals surface area contributed by atoms with Crippen LogP contribution in [0.5, 0.6) is 0 Å². The van der Waals surface area contributed by atoms with Gasteiger partial charge in [0.1, 0.15) is 28.2 Å². The minimum atomic E-state index is -4.49. The lowest BCUT2D eigenvalue weighted by molar-refractivity contribution is 0.567. The highest BCUT2D eigenvalue weighted by Crippen LogP contribution is 2.31. The minimum absolute atomic E-state index is 0.00852. The molecule has 0 saturated carbocycles. The van der Waals surface area contributed by atoms with E-state index in [0.717, 1.165) is 37.5 Å². The molecule has 6 nitrogen and oxygen atoms in total. The van der Waals surface area contributed by atoms with Crippen molar-refractivity contribution in [3.8, 4) is 11.4 Å². The molecule has 0 fully saturated rings. The van der Waals surface area contributed by atoms with Crippen molar-refractivity contribution >= 4 is 27.3 Å². The number of sulfonamides is 1. The first-order chi connectivity index (χ1) is 14.3. The smallest absolute Gasteiger partial charge is 0.264 e. The quantitative estimate of drug-likeness (QED) is 0.625. The second-order valence-corrected chi connectivity index (χ2v) is 8.98. The van der Waals surface area contributed by atoms with E-state index < -0.39 is 38.1 Å². The van der Waals surface area contributed by atoms with Crippen molar-refractivity contribution in [1.82, 2.24) is 14.8 Å². The number of halogens is 4. The predicted octanol–water partition coefficient (Wildman–Crippen LogP) is 4.54. The Morgan fingerprint density at radius 2 is 1.77 bits per heavy atom. The van der Waals surface area contributed by atoms with Crippen molar-refractivity contribution < 1.29 is 21.6 Å².